The zero-order chi connectivity index (χ0) is 8.27. The van der Waals surface area contributed by atoms with Crippen molar-refractivity contribution in [2.24, 2.45) is 0 Å². The van der Waals surface area contributed by atoms with E-state index in [9.17, 15) is 4.79 Å². The van der Waals surface area contributed by atoms with Gasteiger partial charge < -0.3 is 0 Å². The van der Waals surface area contributed by atoms with Crippen molar-refractivity contribution in [2.75, 3.05) is 5.75 Å². The Balaban J connectivity index is 2.45. The lowest BCUT2D eigenvalue weighted by molar-refractivity contribution is -0.114. The number of rotatable bonds is 3. The Labute approximate surface area is 73.2 Å². The molecule has 0 saturated heterocycles. The minimum absolute atomic E-state index is 0.169. The maximum Gasteiger partial charge on any atom is 0.174 e. The molecule has 0 unspecified atom stereocenters. The van der Waals surface area contributed by atoms with Gasteiger partial charge in [0, 0.05) is 0 Å². The van der Waals surface area contributed by atoms with Crippen molar-refractivity contribution in [3.05, 3.63) is 5.01 Å². The van der Waals surface area contributed by atoms with Gasteiger partial charge in [-0.3, -0.25) is 4.79 Å². The number of hydrogen-bond acceptors (Lipinski definition) is 5. The van der Waals surface area contributed by atoms with E-state index in [0.717, 1.165) is 9.35 Å². The molecule has 1 aromatic heterocycles. The molecule has 0 aromatic carbocycles. The first-order valence-corrected chi connectivity index (χ1v) is 4.91. The molecule has 1 aromatic rings. The van der Waals surface area contributed by atoms with Crippen LogP contribution in [0.2, 0.25) is 0 Å². The number of carbonyl (C=O) groups is 1. The van der Waals surface area contributed by atoms with Gasteiger partial charge in [-0.25, -0.2) is 0 Å². The average Bonchev–Trinajstić information content (AvgIpc) is 2.31. The number of carbonyl (C=O) groups excluding carboxylic acids is 1. The Morgan fingerprint density at radius 2 is 2.36 bits per heavy atom. The van der Waals surface area contributed by atoms with Gasteiger partial charge in [0.2, 0.25) is 0 Å². The van der Waals surface area contributed by atoms with Crippen LogP contribution in [0.25, 0.3) is 0 Å². The van der Waals surface area contributed by atoms with Gasteiger partial charge in [-0.05, 0) is 13.8 Å². The number of aryl methyl sites for hydroxylation is 1. The third-order valence-electron chi connectivity index (χ3n) is 0.906. The topological polar surface area (TPSA) is 42.9 Å². The fraction of sp³-hybridized carbons (Fsp3) is 0.500. The zero-order valence-corrected chi connectivity index (χ0v) is 7.96. The minimum atomic E-state index is 0.169. The highest BCUT2D eigenvalue weighted by Crippen LogP contribution is 2.21. The molecule has 0 bridgehead atoms. The number of nitrogens with zero attached hydrogens (tertiary/aromatic N) is 2. The quantitative estimate of drug-likeness (QED) is 0.675. The highest BCUT2D eigenvalue weighted by atomic mass is 32.2. The molecule has 0 aliphatic rings. The third-order valence-corrected chi connectivity index (χ3v) is 3.02. The lowest BCUT2D eigenvalue weighted by atomic mass is 10.5. The van der Waals surface area contributed by atoms with E-state index in [-0.39, 0.29) is 5.78 Å². The van der Waals surface area contributed by atoms with Crippen molar-refractivity contribution < 1.29 is 4.79 Å². The predicted molar refractivity (Wildman–Crippen MR) is 46.1 cm³/mol. The van der Waals surface area contributed by atoms with Crippen LogP contribution in [0.3, 0.4) is 0 Å². The lowest BCUT2D eigenvalue weighted by Gasteiger charge is -1.88. The standard InChI is InChI=1S/C6H8N2OS2/c1-4(9)3-10-6-8-7-5(2)11-6/h3H2,1-2H3. The molecule has 0 fully saturated rings. The summed E-state index contributed by atoms with van der Waals surface area (Å²) in [7, 11) is 0. The molecule has 0 radical (unpaired) electrons. The Hall–Kier alpha value is -0.420. The number of ketones is 1. The van der Waals surface area contributed by atoms with Crippen molar-refractivity contribution >= 4 is 28.9 Å². The van der Waals surface area contributed by atoms with Crippen LogP contribution in [0, 0.1) is 6.92 Å². The molecule has 3 nitrogen and oxygen atoms in total. The highest BCUT2D eigenvalue weighted by molar-refractivity contribution is 8.01. The summed E-state index contributed by atoms with van der Waals surface area (Å²) in [5, 5.41) is 8.64. The minimum Gasteiger partial charge on any atom is -0.299 e. The first-order chi connectivity index (χ1) is 5.18. The fourth-order valence-corrected chi connectivity index (χ4v) is 2.12. The van der Waals surface area contributed by atoms with Crippen LogP contribution in [0.5, 0.6) is 0 Å². The Morgan fingerprint density at radius 1 is 1.64 bits per heavy atom. The van der Waals surface area contributed by atoms with Crippen molar-refractivity contribution in [3.63, 3.8) is 0 Å². The largest absolute Gasteiger partial charge is 0.299 e. The van der Waals surface area contributed by atoms with E-state index >= 15 is 0 Å². The number of Topliss-reactive ketones (excluding diaryl/α,β-unsaturated/α-hetero) is 1. The van der Waals surface area contributed by atoms with Gasteiger partial charge in [-0.15, -0.1) is 10.2 Å². The summed E-state index contributed by atoms with van der Waals surface area (Å²) in [5.41, 5.74) is 0. The molecular formula is C6H8N2OS2. The summed E-state index contributed by atoms with van der Waals surface area (Å²) in [4.78, 5) is 10.6. The number of hydrogen-bond donors (Lipinski definition) is 0. The summed E-state index contributed by atoms with van der Waals surface area (Å²) in [6.07, 6.45) is 0. The number of aromatic nitrogens is 2. The van der Waals surface area contributed by atoms with E-state index < -0.39 is 0 Å². The van der Waals surface area contributed by atoms with Gasteiger partial charge in [-0.1, -0.05) is 23.1 Å². The Kier molecular flexibility index (Phi) is 3.02. The predicted octanol–water partition coefficient (Wildman–Crippen LogP) is 1.53. The maximum atomic E-state index is 10.6. The molecule has 0 N–H and O–H groups in total. The van der Waals surface area contributed by atoms with Crippen LogP contribution >= 0.6 is 23.1 Å². The van der Waals surface area contributed by atoms with Gasteiger partial charge in [0.1, 0.15) is 10.8 Å². The van der Waals surface area contributed by atoms with E-state index in [4.69, 9.17) is 0 Å². The van der Waals surface area contributed by atoms with Crippen molar-refractivity contribution in [1.29, 1.82) is 0 Å². The van der Waals surface area contributed by atoms with Crippen molar-refractivity contribution in [3.8, 4) is 0 Å². The van der Waals surface area contributed by atoms with Crippen LogP contribution in [0.4, 0.5) is 0 Å². The van der Waals surface area contributed by atoms with Gasteiger partial charge in [-0.2, -0.15) is 0 Å². The number of thioether (sulfide) groups is 1. The van der Waals surface area contributed by atoms with E-state index in [2.05, 4.69) is 10.2 Å². The van der Waals surface area contributed by atoms with Gasteiger partial charge in [0.25, 0.3) is 0 Å². The molecule has 0 saturated carbocycles. The first-order valence-electron chi connectivity index (χ1n) is 3.11. The van der Waals surface area contributed by atoms with E-state index in [0.29, 0.717) is 5.75 Å². The molecular weight excluding hydrogens is 180 g/mol. The van der Waals surface area contributed by atoms with Gasteiger partial charge in [0.15, 0.2) is 4.34 Å². The van der Waals surface area contributed by atoms with Gasteiger partial charge >= 0.3 is 0 Å². The average molecular weight is 188 g/mol. The van der Waals surface area contributed by atoms with Crippen LogP contribution in [0.1, 0.15) is 11.9 Å². The summed E-state index contributed by atoms with van der Waals surface area (Å²) in [6, 6.07) is 0. The fourth-order valence-electron chi connectivity index (χ4n) is 0.500. The Morgan fingerprint density at radius 3 is 2.82 bits per heavy atom. The second-order valence-electron chi connectivity index (χ2n) is 2.08. The smallest absolute Gasteiger partial charge is 0.174 e. The molecule has 0 atom stereocenters. The molecule has 0 aliphatic heterocycles. The monoisotopic (exact) mass is 188 g/mol. The molecule has 1 heterocycles. The normalized spacial score (nSPS) is 10.0. The molecule has 11 heavy (non-hydrogen) atoms. The highest BCUT2D eigenvalue weighted by Gasteiger charge is 2.01. The first kappa shape index (κ1) is 8.67. The van der Waals surface area contributed by atoms with Crippen LogP contribution in [-0.2, 0) is 4.79 Å². The SMILES string of the molecule is CC(=O)CSc1nnc(C)s1. The van der Waals surface area contributed by atoms with E-state index in [1.165, 1.54) is 23.1 Å². The zero-order valence-electron chi connectivity index (χ0n) is 6.33. The third kappa shape index (κ3) is 2.98. The van der Waals surface area contributed by atoms with Crippen LogP contribution in [-0.4, -0.2) is 21.7 Å². The van der Waals surface area contributed by atoms with Crippen molar-refractivity contribution in [1.82, 2.24) is 10.2 Å². The molecule has 60 valence electrons. The van der Waals surface area contributed by atoms with Crippen molar-refractivity contribution in [2.45, 2.75) is 18.2 Å². The maximum absolute atomic E-state index is 10.6. The summed E-state index contributed by atoms with van der Waals surface area (Å²) in [5.74, 6) is 0.664. The Bertz CT molecular complexity index is 259. The van der Waals surface area contributed by atoms with Gasteiger partial charge in [0.05, 0.1) is 5.75 Å². The molecule has 0 amide bonds. The second-order valence-corrected chi connectivity index (χ2v) is 4.48. The summed E-state index contributed by atoms with van der Waals surface area (Å²) in [6.45, 7) is 3.47. The lowest BCUT2D eigenvalue weighted by Crippen LogP contribution is -1.92. The summed E-state index contributed by atoms with van der Waals surface area (Å²) >= 11 is 2.96. The molecule has 0 spiro atoms. The molecule has 1 rings (SSSR count). The molecule has 0 aliphatic carbocycles. The molecule has 5 heteroatoms. The van der Waals surface area contributed by atoms with Crippen LogP contribution in [0.15, 0.2) is 4.34 Å². The summed E-state index contributed by atoms with van der Waals surface area (Å²) < 4.78 is 0.873. The van der Waals surface area contributed by atoms with E-state index in [1.807, 2.05) is 6.92 Å². The van der Waals surface area contributed by atoms with Crippen LogP contribution < -0.4 is 0 Å². The van der Waals surface area contributed by atoms with E-state index in [1.54, 1.807) is 6.92 Å². The second kappa shape index (κ2) is 3.82.